The fourth-order valence-corrected chi connectivity index (χ4v) is 1.70. The summed E-state index contributed by atoms with van der Waals surface area (Å²) < 4.78 is 10.6. The van der Waals surface area contributed by atoms with Crippen molar-refractivity contribution >= 4 is 5.91 Å². The number of hydrogen-bond donors (Lipinski definition) is 2. The van der Waals surface area contributed by atoms with E-state index < -0.39 is 0 Å². The molecule has 0 aromatic heterocycles. The first-order valence-electron chi connectivity index (χ1n) is 5.99. The highest BCUT2D eigenvalue weighted by molar-refractivity contribution is 5.75. The van der Waals surface area contributed by atoms with Crippen molar-refractivity contribution in [3.63, 3.8) is 0 Å². The van der Waals surface area contributed by atoms with Crippen molar-refractivity contribution in [1.29, 1.82) is 0 Å². The largest absolute Gasteiger partial charge is 0.378 e. The lowest BCUT2D eigenvalue weighted by Crippen LogP contribution is -2.28. The molecular formula is C11H22N2O3. The topological polar surface area (TPSA) is 73.6 Å². The molecule has 1 aliphatic rings. The summed E-state index contributed by atoms with van der Waals surface area (Å²) in [6.45, 7) is 3.01. The second kappa shape index (κ2) is 8.50. The predicted molar refractivity (Wildman–Crippen MR) is 61.1 cm³/mol. The molecule has 3 N–H and O–H groups in total. The van der Waals surface area contributed by atoms with Crippen LogP contribution in [0, 0.1) is 0 Å². The Morgan fingerprint density at radius 2 is 2.38 bits per heavy atom. The highest BCUT2D eigenvalue weighted by Gasteiger charge is 2.16. The summed E-state index contributed by atoms with van der Waals surface area (Å²) in [5.74, 6) is 0.0758. The molecule has 0 radical (unpaired) electrons. The lowest BCUT2D eigenvalue weighted by atomic mass is 10.1. The maximum atomic E-state index is 11.4. The number of nitrogens with one attached hydrogen (secondary N) is 1. The summed E-state index contributed by atoms with van der Waals surface area (Å²) >= 11 is 0. The molecule has 0 saturated carbocycles. The van der Waals surface area contributed by atoms with Crippen molar-refractivity contribution in [3.8, 4) is 0 Å². The number of hydrogen-bond acceptors (Lipinski definition) is 4. The van der Waals surface area contributed by atoms with E-state index in [1.165, 1.54) is 0 Å². The molecule has 1 heterocycles. The van der Waals surface area contributed by atoms with Crippen LogP contribution < -0.4 is 11.1 Å². The minimum atomic E-state index is 0.0758. The van der Waals surface area contributed by atoms with Gasteiger partial charge in [-0.25, -0.2) is 0 Å². The zero-order valence-corrected chi connectivity index (χ0v) is 9.74. The normalized spacial score (nSPS) is 19.9. The van der Waals surface area contributed by atoms with E-state index in [-0.39, 0.29) is 5.91 Å². The van der Waals surface area contributed by atoms with E-state index in [1.54, 1.807) is 0 Å². The molecule has 1 amide bonds. The Morgan fingerprint density at radius 3 is 3.06 bits per heavy atom. The van der Waals surface area contributed by atoms with Gasteiger partial charge in [-0.15, -0.1) is 0 Å². The van der Waals surface area contributed by atoms with Crippen LogP contribution >= 0.6 is 0 Å². The molecule has 1 fully saturated rings. The minimum Gasteiger partial charge on any atom is -0.378 e. The summed E-state index contributed by atoms with van der Waals surface area (Å²) in [6, 6.07) is 0. The van der Waals surface area contributed by atoms with Gasteiger partial charge in [0.05, 0.1) is 19.3 Å². The zero-order valence-electron chi connectivity index (χ0n) is 9.74. The molecule has 94 valence electrons. The number of ether oxygens (including phenoxy) is 2. The van der Waals surface area contributed by atoms with Gasteiger partial charge in [0.1, 0.15) is 0 Å². The summed E-state index contributed by atoms with van der Waals surface area (Å²) in [6.07, 6.45) is 3.88. The van der Waals surface area contributed by atoms with Crippen LogP contribution in [0.4, 0.5) is 0 Å². The standard InChI is InChI=1S/C11H22N2O3/c12-5-8-15-9-6-13-11(14)4-3-10-2-1-7-16-10/h10H,1-9,12H2,(H,13,14). The fraction of sp³-hybridized carbons (Fsp3) is 0.909. The molecule has 0 spiro atoms. The predicted octanol–water partition coefficient (Wildman–Crippen LogP) is 0.0371. The van der Waals surface area contributed by atoms with Crippen molar-refractivity contribution in [3.05, 3.63) is 0 Å². The number of amides is 1. The molecule has 0 aliphatic carbocycles. The summed E-state index contributed by atoms with van der Waals surface area (Å²) in [4.78, 5) is 11.4. The van der Waals surface area contributed by atoms with E-state index in [2.05, 4.69) is 5.32 Å². The van der Waals surface area contributed by atoms with E-state index in [0.717, 1.165) is 25.9 Å². The van der Waals surface area contributed by atoms with E-state index in [9.17, 15) is 4.79 Å². The number of nitrogens with two attached hydrogens (primary N) is 1. The smallest absolute Gasteiger partial charge is 0.220 e. The SMILES string of the molecule is NCCOCCNC(=O)CCC1CCCO1. The second-order valence-corrected chi connectivity index (χ2v) is 3.92. The summed E-state index contributed by atoms with van der Waals surface area (Å²) in [7, 11) is 0. The first-order chi connectivity index (χ1) is 7.83. The van der Waals surface area contributed by atoms with Crippen molar-refractivity contribution in [2.75, 3.05) is 32.9 Å². The van der Waals surface area contributed by atoms with Crippen LogP contribution in [-0.4, -0.2) is 44.9 Å². The lowest BCUT2D eigenvalue weighted by Gasteiger charge is -2.09. The molecule has 5 nitrogen and oxygen atoms in total. The van der Waals surface area contributed by atoms with E-state index in [4.69, 9.17) is 15.2 Å². The van der Waals surface area contributed by atoms with Gasteiger partial charge in [-0.05, 0) is 19.3 Å². The van der Waals surface area contributed by atoms with Crippen molar-refractivity contribution < 1.29 is 14.3 Å². The van der Waals surface area contributed by atoms with Crippen LogP contribution in [0.15, 0.2) is 0 Å². The quantitative estimate of drug-likeness (QED) is 0.577. The number of rotatable bonds is 8. The molecule has 16 heavy (non-hydrogen) atoms. The number of carbonyl (C=O) groups is 1. The molecule has 0 bridgehead atoms. The van der Waals surface area contributed by atoms with Gasteiger partial charge < -0.3 is 20.5 Å². The third-order valence-corrected chi connectivity index (χ3v) is 2.55. The van der Waals surface area contributed by atoms with E-state index in [1.807, 2.05) is 0 Å². The third-order valence-electron chi connectivity index (χ3n) is 2.55. The zero-order chi connectivity index (χ0) is 11.6. The first kappa shape index (κ1) is 13.4. The van der Waals surface area contributed by atoms with Crippen molar-refractivity contribution in [2.45, 2.75) is 31.8 Å². The molecule has 1 saturated heterocycles. The highest BCUT2D eigenvalue weighted by Crippen LogP contribution is 2.16. The average Bonchev–Trinajstić information content (AvgIpc) is 2.79. The van der Waals surface area contributed by atoms with Gasteiger partial charge in [0.2, 0.25) is 5.91 Å². The van der Waals surface area contributed by atoms with Crippen LogP contribution in [0.3, 0.4) is 0 Å². The minimum absolute atomic E-state index is 0.0758. The molecule has 1 aliphatic heterocycles. The van der Waals surface area contributed by atoms with Gasteiger partial charge in [-0.3, -0.25) is 4.79 Å². The van der Waals surface area contributed by atoms with Crippen LogP contribution in [-0.2, 0) is 14.3 Å². The molecule has 5 heteroatoms. The third kappa shape index (κ3) is 6.05. The van der Waals surface area contributed by atoms with Crippen LogP contribution in [0.5, 0.6) is 0 Å². The van der Waals surface area contributed by atoms with E-state index in [0.29, 0.717) is 38.8 Å². The first-order valence-corrected chi connectivity index (χ1v) is 5.99. The van der Waals surface area contributed by atoms with Crippen LogP contribution in [0.2, 0.25) is 0 Å². The highest BCUT2D eigenvalue weighted by atomic mass is 16.5. The van der Waals surface area contributed by atoms with Gasteiger partial charge in [-0.1, -0.05) is 0 Å². The summed E-state index contributed by atoms with van der Waals surface area (Å²) in [5.41, 5.74) is 5.26. The fourth-order valence-electron chi connectivity index (χ4n) is 1.70. The lowest BCUT2D eigenvalue weighted by molar-refractivity contribution is -0.121. The van der Waals surface area contributed by atoms with Gasteiger partial charge >= 0.3 is 0 Å². The van der Waals surface area contributed by atoms with Gasteiger partial charge in [-0.2, -0.15) is 0 Å². The maximum absolute atomic E-state index is 11.4. The Morgan fingerprint density at radius 1 is 1.50 bits per heavy atom. The molecule has 1 atom stereocenters. The van der Waals surface area contributed by atoms with Gasteiger partial charge in [0.25, 0.3) is 0 Å². The number of carbonyl (C=O) groups excluding carboxylic acids is 1. The Hall–Kier alpha value is -0.650. The monoisotopic (exact) mass is 230 g/mol. The van der Waals surface area contributed by atoms with Crippen molar-refractivity contribution in [2.24, 2.45) is 5.73 Å². The Balaban J connectivity index is 1.90. The molecule has 0 aromatic rings. The molecular weight excluding hydrogens is 208 g/mol. The Labute approximate surface area is 96.7 Å². The maximum Gasteiger partial charge on any atom is 0.220 e. The molecule has 1 unspecified atom stereocenters. The summed E-state index contributed by atoms with van der Waals surface area (Å²) in [5, 5.41) is 2.81. The van der Waals surface area contributed by atoms with Gasteiger partial charge in [0, 0.05) is 26.1 Å². The second-order valence-electron chi connectivity index (χ2n) is 3.92. The van der Waals surface area contributed by atoms with Crippen LogP contribution in [0.25, 0.3) is 0 Å². The average molecular weight is 230 g/mol. The van der Waals surface area contributed by atoms with E-state index >= 15 is 0 Å². The van der Waals surface area contributed by atoms with Crippen molar-refractivity contribution in [1.82, 2.24) is 5.32 Å². The Bertz CT molecular complexity index is 194. The Kier molecular flexibility index (Phi) is 7.12. The van der Waals surface area contributed by atoms with Crippen LogP contribution in [0.1, 0.15) is 25.7 Å². The molecule has 1 rings (SSSR count). The molecule has 0 aromatic carbocycles. The van der Waals surface area contributed by atoms with Gasteiger partial charge in [0.15, 0.2) is 0 Å².